The molecule has 0 saturated carbocycles. The predicted molar refractivity (Wildman–Crippen MR) is 128 cm³/mol. The van der Waals surface area contributed by atoms with Gasteiger partial charge >= 0.3 is 24.2 Å². The van der Waals surface area contributed by atoms with E-state index in [9.17, 15) is 53.5 Å². The normalized spacial score (nSPS) is 12.7. The highest BCUT2D eigenvalue weighted by Crippen LogP contribution is 2.55. The Balaban J connectivity index is 2.00. The molecule has 16 heteroatoms. The molecule has 0 bridgehead atoms. The second kappa shape index (κ2) is 10.9. The van der Waals surface area contributed by atoms with Crippen molar-refractivity contribution in [3.63, 3.8) is 0 Å². The summed E-state index contributed by atoms with van der Waals surface area (Å²) in [6, 6.07) is 9.71. The highest BCUT2D eigenvalue weighted by atomic mass is 79.9. The fourth-order valence-electron chi connectivity index (χ4n) is 3.41. The molecular weight excluding hydrogens is 654 g/mol. The Morgan fingerprint density at radius 3 is 1.88 bits per heavy atom. The zero-order valence-corrected chi connectivity index (χ0v) is 21.5. The van der Waals surface area contributed by atoms with Gasteiger partial charge < -0.3 is 10.6 Å². The van der Waals surface area contributed by atoms with Crippen molar-refractivity contribution in [3.8, 4) is 0 Å². The van der Waals surface area contributed by atoms with Crippen molar-refractivity contribution < 1.29 is 53.5 Å². The molecule has 40 heavy (non-hydrogen) atoms. The molecule has 2 N–H and O–H groups in total. The lowest BCUT2D eigenvalue weighted by Crippen LogP contribution is -2.50. The number of amides is 2. The molecule has 3 aromatic carbocycles. The molecule has 0 aliphatic rings. The maximum atomic E-state index is 14.5. The van der Waals surface area contributed by atoms with Crippen molar-refractivity contribution in [2.45, 2.75) is 24.2 Å². The topological polar surface area (TPSA) is 58.2 Å². The number of carbonyl (C=O) groups excluding carboxylic acids is 2. The van der Waals surface area contributed by atoms with Gasteiger partial charge in [0.15, 0.2) is 0 Å². The van der Waals surface area contributed by atoms with Crippen LogP contribution >= 0.6 is 27.5 Å². The molecular formula is C24H12BrClF10N2O2. The molecule has 3 rings (SSSR count). The number of hydrogen-bond acceptors (Lipinski definition) is 2. The number of alkyl halides is 10. The Labute approximate surface area is 231 Å². The fraction of sp³-hybridized carbons (Fsp3) is 0.167. The van der Waals surface area contributed by atoms with Crippen LogP contribution in [0.25, 0.3) is 0 Å². The van der Waals surface area contributed by atoms with Crippen LogP contribution in [-0.4, -0.2) is 24.2 Å². The quantitative estimate of drug-likeness (QED) is 0.268. The van der Waals surface area contributed by atoms with Gasteiger partial charge in [-0.2, -0.15) is 39.5 Å². The summed E-state index contributed by atoms with van der Waals surface area (Å²) in [5.41, 5.74) is -12.4. The summed E-state index contributed by atoms with van der Waals surface area (Å²) in [6.45, 7) is 0. The summed E-state index contributed by atoms with van der Waals surface area (Å²) in [4.78, 5) is 25.2. The zero-order chi connectivity index (χ0) is 30.3. The van der Waals surface area contributed by atoms with Crippen molar-refractivity contribution in [2.75, 3.05) is 10.6 Å². The van der Waals surface area contributed by atoms with Crippen LogP contribution in [-0.2, 0) is 11.8 Å². The zero-order valence-electron chi connectivity index (χ0n) is 19.1. The Bertz CT molecular complexity index is 1440. The van der Waals surface area contributed by atoms with Crippen LogP contribution in [0.4, 0.5) is 55.3 Å². The number of halogens is 12. The van der Waals surface area contributed by atoms with Gasteiger partial charge in [-0.1, -0.05) is 29.8 Å². The van der Waals surface area contributed by atoms with Crippen LogP contribution in [0.15, 0.2) is 65.1 Å². The third kappa shape index (κ3) is 6.19. The molecule has 0 heterocycles. The van der Waals surface area contributed by atoms with Crippen LogP contribution in [0, 0.1) is 0 Å². The van der Waals surface area contributed by atoms with Gasteiger partial charge in [0.25, 0.3) is 11.8 Å². The minimum Gasteiger partial charge on any atom is -0.322 e. The summed E-state index contributed by atoms with van der Waals surface area (Å²) < 4.78 is 133. The Morgan fingerprint density at radius 1 is 0.725 bits per heavy atom. The van der Waals surface area contributed by atoms with E-state index in [1.807, 2.05) is 0 Å². The van der Waals surface area contributed by atoms with Crippen LogP contribution < -0.4 is 10.6 Å². The average molecular weight is 666 g/mol. The van der Waals surface area contributed by atoms with E-state index >= 15 is 0 Å². The number of carbonyl (C=O) groups is 2. The third-order valence-electron chi connectivity index (χ3n) is 5.31. The van der Waals surface area contributed by atoms with E-state index in [1.165, 1.54) is 30.3 Å². The first-order valence-electron chi connectivity index (χ1n) is 10.5. The minimum atomic E-state index is -6.67. The average Bonchev–Trinajstić information content (AvgIpc) is 2.82. The van der Waals surface area contributed by atoms with E-state index in [0.29, 0.717) is 0 Å². The molecule has 0 fully saturated rings. The number of nitrogens with one attached hydrogen (secondary N) is 2. The van der Waals surface area contributed by atoms with E-state index in [1.54, 1.807) is 11.4 Å². The molecule has 0 radical (unpaired) electrons. The molecule has 3 aromatic rings. The second-order valence-electron chi connectivity index (χ2n) is 8.00. The van der Waals surface area contributed by atoms with Crippen molar-refractivity contribution in [3.05, 3.63) is 92.4 Å². The van der Waals surface area contributed by atoms with Gasteiger partial charge in [-0.05, 0) is 58.4 Å². The molecule has 2 amide bonds. The molecule has 0 aromatic heterocycles. The lowest BCUT2D eigenvalue weighted by atomic mass is 9.92. The summed E-state index contributed by atoms with van der Waals surface area (Å²) >= 11 is 8.36. The molecule has 0 unspecified atom stereocenters. The summed E-state index contributed by atoms with van der Waals surface area (Å²) in [6.07, 6.45) is -19.0. The molecule has 0 aliphatic heterocycles. The number of anilines is 2. The van der Waals surface area contributed by atoms with Gasteiger partial charge in [-0.25, -0.2) is 4.39 Å². The molecule has 0 saturated heterocycles. The van der Waals surface area contributed by atoms with E-state index in [-0.39, 0.29) is 27.9 Å². The SMILES string of the molecule is O=C(Nc1c(Br)cc(C(F)(C(F)(F)F)C(F)(F)F)cc1C(F)(F)F)c1cccc(NC(=O)c2ccccc2Cl)c1. The first kappa shape index (κ1) is 31.2. The van der Waals surface area contributed by atoms with Crippen LogP contribution in [0.5, 0.6) is 0 Å². The molecule has 0 atom stereocenters. The lowest BCUT2D eigenvalue weighted by Gasteiger charge is -2.31. The lowest BCUT2D eigenvalue weighted by molar-refractivity contribution is -0.348. The highest BCUT2D eigenvalue weighted by molar-refractivity contribution is 9.10. The van der Waals surface area contributed by atoms with E-state index < -0.39 is 63.4 Å². The van der Waals surface area contributed by atoms with Gasteiger partial charge in [0.2, 0.25) is 0 Å². The van der Waals surface area contributed by atoms with Gasteiger partial charge in [-0.15, -0.1) is 0 Å². The van der Waals surface area contributed by atoms with Gasteiger partial charge in [0.05, 0.1) is 21.8 Å². The monoisotopic (exact) mass is 664 g/mol. The fourth-order valence-corrected chi connectivity index (χ4v) is 4.19. The smallest absolute Gasteiger partial charge is 0.322 e. The van der Waals surface area contributed by atoms with Crippen LogP contribution in [0.3, 0.4) is 0 Å². The maximum Gasteiger partial charge on any atom is 0.435 e. The Hall–Kier alpha value is -3.33. The Kier molecular flexibility index (Phi) is 8.52. The van der Waals surface area contributed by atoms with Crippen molar-refractivity contribution in [1.82, 2.24) is 0 Å². The first-order chi connectivity index (χ1) is 18.3. The molecule has 4 nitrogen and oxygen atoms in total. The molecule has 0 aliphatic carbocycles. The molecule has 214 valence electrons. The van der Waals surface area contributed by atoms with Crippen molar-refractivity contribution in [2.24, 2.45) is 0 Å². The van der Waals surface area contributed by atoms with Crippen LogP contribution in [0.1, 0.15) is 31.8 Å². The first-order valence-corrected chi connectivity index (χ1v) is 11.7. The third-order valence-corrected chi connectivity index (χ3v) is 6.27. The van der Waals surface area contributed by atoms with Crippen LogP contribution in [0.2, 0.25) is 5.02 Å². The largest absolute Gasteiger partial charge is 0.435 e. The van der Waals surface area contributed by atoms with Gasteiger partial charge in [0, 0.05) is 21.3 Å². The summed E-state index contributed by atoms with van der Waals surface area (Å²) in [5.74, 6) is -2.00. The maximum absolute atomic E-state index is 14.5. The van der Waals surface area contributed by atoms with Crippen molar-refractivity contribution in [1.29, 1.82) is 0 Å². The van der Waals surface area contributed by atoms with Crippen molar-refractivity contribution >= 4 is 50.7 Å². The number of rotatable bonds is 5. The predicted octanol–water partition coefficient (Wildman–Crippen LogP) is 8.92. The highest BCUT2D eigenvalue weighted by Gasteiger charge is 2.73. The standard InChI is InChI=1S/C24H12BrClF10N2O2/c25-16-10-12(21(27,23(31,32)33)24(34,35)36)9-15(22(28,29)30)18(16)38-19(39)11-4-3-5-13(8-11)37-20(40)14-6-1-2-7-17(14)26/h1-10H,(H,37,40)(H,38,39). The molecule has 0 spiro atoms. The Morgan fingerprint density at radius 2 is 1.32 bits per heavy atom. The second-order valence-corrected chi connectivity index (χ2v) is 9.26. The number of hydrogen-bond donors (Lipinski definition) is 2. The van der Waals surface area contributed by atoms with E-state index in [0.717, 1.165) is 12.1 Å². The summed E-state index contributed by atoms with van der Waals surface area (Å²) in [7, 11) is 0. The number of benzene rings is 3. The van der Waals surface area contributed by atoms with Gasteiger partial charge in [0.1, 0.15) is 0 Å². The van der Waals surface area contributed by atoms with Gasteiger partial charge in [-0.3, -0.25) is 9.59 Å². The van der Waals surface area contributed by atoms with E-state index in [4.69, 9.17) is 11.6 Å². The summed E-state index contributed by atoms with van der Waals surface area (Å²) in [5, 5.41) is 4.26. The minimum absolute atomic E-state index is 0.0133. The van der Waals surface area contributed by atoms with E-state index in [2.05, 4.69) is 21.2 Å².